The van der Waals surface area contributed by atoms with Crippen LogP contribution in [0, 0.1) is 11.8 Å². The van der Waals surface area contributed by atoms with Crippen LogP contribution in [0.4, 0.5) is 0 Å². The molecule has 1 heterocycles. The molecular formula is C18H27NO. The van der Waals surface area contributed by atoms with E-state index < -0.39 is 0 Å². The number of fused-ring (bicyclic) bond motifs is 1. The van der Waals surface area contributed by atoms with Gasteiger partial charge in [-0.1, -0.05) is 31.4 Å². The molecule has 1 aromatic carbocycles. The Hall–Kier alpha value is -1.02. The number of hydrogen-bond acceptors (Lipinski definition) is 2. The Morgan fingerprint density at radius 2 is 1.95 bits per heavy atom. The molecule has 0 spiro atoms. The maximum Gasteiger partial charge on any atom is 0.119 e. The van der Waals surface area contributed by atoms with E-state index in [0.717, 1.165) is 17.6 Å². The number of rotatable bonds is 3. The molecule has 1 aromatic rings. The number of methoxy groups -OCH3 is 1. The Labute approximate surface area is 123 Å². The van der Waals surface area contributed by atoms with Crippen molar-refractivity contribution < 1.29 is 4.74 Å². The Bertz CT molecular complexity index is 445. The molecule has 3 atom stereocenters. The maximum atomic E-state index is 5.36. The number of ether oxygens (including phenoxy) is 1. The first-order valence-electron chi connectivity index (χ1n) is 8.16. The first kappa shape index (κ1) is 13.9. The molecule has 2 nitrogen and oxygen atoms in total. The largest absolute Gasteiger partial charge is 0.497 e. The van der Waals surface area contributed by atoms with Crippen molar-refractivity contribution in [1.29, 1.82) is 0 Å². The van der Waals surface area contributed by atoms with Crippen molar-refractivity contribution in [3.05, 3.63) is 29.8 Å². The van der Waals surface area contributed by atoms with Crippen LogP contribution in [0.25, 0.3) is 0 Å². The van der Waals surface area contributed by atoms with Gasteiger partial charge in [-0.15, -0.1) is 0 Å². The Morgan fingerprint density at radius 1 is 1.15 bits per heavy atom. The zero-order chi connectivity index (χ0) is 13.9. The number of piperidine rings is 1. The van der Waals surface area contributed by atoms with Gasteiger partial charge in [0.2, 0.25) is 0 Å². The van der Waals surface area contributed by atoms with Crippen LogP contribution in [0.2, 0.25) is 0 Å². The smallest absolute Gasteiger partial charge is 0.119 e. The molecule has 1 aliphatic heterocycles. The van der Waals surface area contributed by atoms with Gasteiger partial charge in [-0.3, -0.25) is 4.90 Å². The molecule has 0 amide bonds. The van der Waals surface area contributed by atoms with Gasteiger partial charge in [0.25, 0.3) is 0 Å². The van der Waals surface area contributed by atoms with Crippen LogP contribution in [-0.4, -0.2) is 25.1 Å². The molecule has 2 aliphatic rings. The Kier molecular flexibility index (Phi) is 4.30. The molecule has 1 aliphatic carbocycles. The van der Waals surface area contributed by atoms with E-state index >= 15 is 0 Å². The van der Waals surface area contributed by atoms with Crippen LogP contribution >= 0.6 is 0 Å². The van der Waals surface area contributed by atoms with Crippen LogP contribution < -0.4 is 4.74 Å². The van der Waals surface area contributed by atoms with Crippen LogP contribution in [0.1, 0.15) is 50.6 Å². The summed E-state index contributed by atoms with van der Waals surface area (Å²) in [6.07, 6.45) is 7.24. The van der Waals surface area contributed by atoms with Crippen molar-refractivity contribution in [3.8, 4) is 5.75 Å². The summed E-state index contributed by atoms with van der Waals surface area (Å²) < 4.78 is 5.36. The van der Waals surface area contributed by atoms with Crippen LogP contribution in [0.5, 0.6) is 5.75 Å². The fourth-order valence-corrected chi connectivity index (χ4v) is 4.09. The van der Waals surface area contributed by atoms with Gasteiger partial charge in [-0.25, -0.2) is 0 Å². The van der Waals surface area contributed by atoms with Crippen molar-refractivity contribution >= 4 is 0 Å². The molecule has 2 fully saturated rings. The summed E-state index contributed by atoms with van der Waals surface area (Å²) in [5.74, 6) is 2.94. The first-order chi connectivity index (χ1) is 9.78. The van der Waals surface area contributed by atoms with E-state index in [1.54, 1.807) is 7.11 Å². The fraction of sp³-hybridized carbons (Fsp3) is 0.667. The third-order valence-corrected chi connectivity index (χ3v) is 5.45. The Balaban J connectivity index is 1.69. The topological polar surface area (TPSA) is 12.5 Å². The molecule has 110 valence electrons. The molecule has 0 N–H and O–H groups in total. The van der Waals surface area contributed by atoms with E-state index in [0.29, 0.717) is 6.04 Å². The van der Waals surface area contributed by atoms with Gasteiger partial charge in [-0.2, -0.15) is 0 Å². The quantitative estimate of drug-likeness (QED) is 0.815. The fourth-order valence-electron chi connectivity index (χ4n) is 4.09. The summed E-state index contributed by atoms with van der Waals surface area (Å²) >= 11 is 0. The molecular weight excluding hydrogens is 246 g/mol. The van der Waals surface area contributed by atoms with Gasteiger partial charge in [-0.05, 0) is 55.8 Å². The second kappa shape index (κ2) is 6.17. The lowest BCUT2D eigenvalue weighted by molar-refractivity contribution is 0.0615. The van der Waals surface area contributed by atoms with Gasteiger partial charge in [0.05, 0.1) is 7.11 Å². The summed E-state index contributed by atoms with van der Waals surface area (Å²) in [5, 5.41) is 0. The SMILES string of the molecule is COc1cccc([C@H](C)N2CCC3CCCCC3C2)c1. The van der Waals surface area contributed by atoms with Gasteiger partial charge < -0.3 is 4.74 Å². The van der Waals surface area contributed by atoms with Crippen molar-refractivity contribution in [2.45, 2.75) is 45.1 Å². The monoisotopic (exact) mass is 273 g/mol. The zero-order valence-electron chi connectivity index (χ0n) is 12.8. The highest BCUT2D eigenvalue weighted by molar-refractivity contribution is 5.30. The summed E-state index contributed by atoms with van der Waals surface area (Å²) in [6.45, 7) is 4.90. The number of hydrogen-bond donors (Lipinski definition) is 0. The molecule has 0 radical (unpaired) electrons. The maximum absolute atomic E-state index is 5.36. The lowest BCUT2D eigenvalue weighted by atomic mass is 9.75. The molecule has 1 saturated heterocycles. The minimum atomic E-state index is 0.507. The second-order valence-corrected chi connectivity index (χ2v) is 6.54. The molecule has 1 saturated carbocycles. The van der Waals surface area contributed by atoms with Crippen molar-refractivity contribution in [2.75, 3.05) is 20.2 Å². The summed E-state index contributed by atoms with van der Waals surface area (Å²) in [5.41, 5.74) is 1.39. The van der Waals surface area contributed by atoms with Gasteiger partial charge in [0.1, 0.15) is 5.75 Å². The minimum absolute atomic E-state index is 0.507. The van der Waals surface area contributed by atoms with E-state index in [1.165, 1.54) is 50.8 Å². The third kappa shape index (κ3) is 2.85. The van der Waals surface area contributed by atoms with E-state index in [1.807, 2.05) is 6.07 Å². The normalized spacial score (nSPS) is 28.7. The predicted octanol–water partition coefficient (Wildman–Crippen LogP) is 4.27. The standard InChI is InChI=1S/C18H27NO/c1-14(16-8-5-9-18(12-16)20-2)19-11-10-15-6-3-4-7-17(15)13-19/h5,8-9,12,14-15,17H,3-4,6-7,10-11,13H2,1-2H3/t14-,15?,17?/m0/s1. The van der Waals surface area contributed by atoms with E-state index in [9.17, 15) is 0 Å². The predicted molar refractivity (Wildman–Crippen MR) is 83.0 cm³/mol. The van der Waals surface area contributed by atoms with Gasteiger partial charge >= 0.3 is 0 Å². The molecule has 2 unspecified atom stereocenters. The number of nitrogens with zero attached hydrogens (tertiary/aromatic N) is 1. The van der Waals surface area contributed by atoms with Crippen LogP contribution in [0.15, 0.2) is 24.3 Å². The van der Waals surface area contributed by atoms with Crippen LogP contribution in [0.3, 0.4) is 0 Å². The molecule has 20 heavy (non-hydrogen) atoms. The third-order valence-electron chi connectivity index (χ3n) is 5.45. The van der Waals surface area contributed by atoms with E-state index in [-0.39, 0.29) is 0 Å². The second-order valence-electron chi connectivity index (χ2n) is 6.54. The van der Waals surface area contributed by atoms with Crippen molar-refractivity contribution in [1.82, 2.24) is 4.90 Å². The highest BCUT2D eigenvalue weighted by atomic mass is 16.5. The number of benzene rings is 1. The average Bonchev–Trinajstić information content (AvgIpc) is 2.53. The Morgan fingerprint density at radius 3 is 2.75 bits per heavy atom. The summed E-state index contributed by atoms with van der Waals surface area (Å²) in [7, 11) is 1.75. The highest BCUT2D eigenvalue weighted by Crippen LogP contribution is 2.38. The molecule has 3 rings (SSSR count). The highest BCUT2D eigenvalue weighted by Gasteiger charge is 2.32. The number of likely N-dealkylation sites (tertiary alicyclic amines) is 1. The molecule has 2 heteroatoms. The lowest BCUT2D eigenvalue weighted by Gasteiger charge is -2.43. The van der Waals surface area contributed by atoms with Gasteiger partial charge in [0, 0.05) is 12.6 Å². The summed E-state index contributed by atoms with van der Waals surface area (Å²) in [4.78, 5) is 2.68. The van der Waals surface area contributed by atoms with Crippen LogP contribution in [-0.2, 0) is 0 Å². The van der Waals surface area contributed by atoms with Crippen molar-refractivity contribution in [3.63, 3.8) is 0 Å². The molecule has 0 aromatic heterocycles. The van der Waals surface area contributed by atoms with Gasteiger partial charge in [0.15, 0.2) is 0 Å². The van der Waals surface area contributed by atoms with E-state index in [2.05, 4.69) is 30.0 Å². The average molecular weight is 273 g/mol. The zero-order valence-corrected chi connectivity index (χ0v) is 12.8. The molecule has 0 bridgehead atoms. The van der Waals surface area contributed by atoms with E-state index in [4.69, 9.17) is 4.74 Å². The van der Waals surface area contributed by atoms with Crippen molar-refractivity contribution in [2.24, 2.45) is 11.8 Å². The lowest BCUT2D eigenvalue weighted by Crippen LogP contribution is -2.42. The minimum Gasteiger partial charge on any atom is -0.497 e. The first-order valence-corrected chi connectivity index (χ1v) is 8.16. The summed E-state index contributed by atoms with van der Waals surface area (Å²) in [6, 6.07) is 9.08.